The summed E-state index contributed by atoms with van der Waals surface area (Å²) in [5.74, 6) is 0. The summed E-state index contributed by atoms with van der Waals surface area (Å²) in [4.78, 5) is 2.86. The van der Waals surface area contributed by atoms with Crippen LogP contribution in [0.25, 0.3) is 0 Å². The Hall–Kier alpha value is 0.0900. The lowest BCUT2D eigenvalue weighted by Gasteiger charge is -2.19. The first-order valence-corrected chi connectivity index (χ1v) is 9.61. The van der Waals surface area contributed by atoms with E-state index in [0.717, 1.165) is 23.9 Å². The maximum atomic E-state index is 3.69. The van der Waals surface area contributed by atoms with Crippen molar-refractivity contribution in [3.8, 4) is 0 Å². The molecule has 0 fully saturated rings. The van der Waals surface area contributed by atoms with E-state index in [9.17, 15) is 0 Å². The molecule has 0 aliphatic heterocycles. The Balaban J connectivity index is 2.38. The van der Waals surface area contributed by atoms with E-state index in [1.165, 1.54) is 18.9 Å². The number of halogens is 2. The van der Waals surface area contributed by atoms with Gasteiger partial charge in [0.15, 0.2) is 0 Å². The van der Waals surface area contributed by atoms with Gasteiger partial charge >= 0.3 is 0 Å². The summed E-state index contributed by atoms with van der Waals surface area (Å²) in [7, 11) is 0. The van der Waals surface area contributed by atoms with Gasteiger partial charge in [-0.2, -0.15) is 0 Å². The molecule has 0 aliphatic rings. The molecule has 0 amide bonds. The molecule has 0 saturated heterocycles. The highest BCUT2D eigenvalue weighted by atomic mass is 127. The van der Waals surface area contributed by atoms with Crippen molar-refractivity contribution in [2.75, 3.05) is 6.54 Å². The molecular weight excluding hydrogens is 445 g/mol. The summed E-state index contributed by atoms with van der Waals surface area (Å²) in [5.41, 5.74) is 1.36. The normalized spacial score (nSPS) is 12.6. The second-order valence-electron chi connectivity index (χ2n) is 4.71. The van der Waals surface area contributed by atoms with E-state index in [1.54, 1.807) is 0 Å². The Kier molecular flexibility index (Phi) is 6.52. The number of hydrogen-bond acceptors (Lipinski definition) is 2. The highest BCUT2D eigenvalue weighted by molar-refractivity contribution is 14.1. The predicted molar refractivity (Wildman–Crippen MR) is 101 cm³/mol. The minimum atomic E-state index is 0.296. The van der Waals surface area contributed by atoms with E-state index in [0.29, 0.717) is 6.04 Å². The molecule has 0 saturated carbocycles. The first-order valence-electron chi connectivity index (χ1n) is 6.92. The predicted octanol–water partition coefficient (Wildman–Crippen LogP) is 5.77. The molecule has 0 radical (unpaired) electrons. The first kappa shape index (κ1) is 16.5. The van der Waals surface area contributed by atoms with E-state index in [-0.39, 0.29) is 0 Å². The van der Waals surface area contributed by atoms with Gasteiger partial charge in [-0.3, -0.25) is 0 Å². The molecule has 0 aliphatic carbocycles. The van der Waals surface area contributed by atoms with Crippen molar-refractivity contribution in [3.63, 3.8) is 0 Å². The van der Waals surface area contributed by atoms with E-state index in [2.05, 4.69) is 88.0 Å². The van der Waals surface area contributed by atoms with Gasteiger partial charge < -0.3 is 5.32 Å². The molecule has 1 N–H and O–H groups in total. The summed E-state index contributed by atoms with van der Waals surface area (Å²) in [6.45, 7) is 5.46. The van der Waals surface area contributed by atoms with Crippen LogP contribution in [0, 0.1) is 3.57 Å². The molecule has 4 heteroatoms. The van der Waals surface area contributed by atoms with Crippen LogP contribution in [-0.2, 0) is 6.42 Å². The van der Waals surface area contributed by atoms with Crippen LogP contribution in [0.1, 0.15) is 41.6 Å². The van der Waals surface area contributed by atoms with Gasteiger partial charge in [0, 0.05) is 17.8 Å². The van der Waals surface area contributed by atoms with Crippen LogP contribution < -0.4 is 5.32 Å². The zero-order valence-electron chi connectivity index (χ0n) is 11.7. The third kappa shape index (κ3) is 4.06. The van der Waals surface area contributed by atoms with E-state index < -0.39 is 0 Å². The maximum absolute atomic E-state index is 3.69. The second kappa shape index (κ2) is 7.92. The Morgan fingerprint density at radius 1 is 1.25 bits per heavy atom. The Labute approximate surface area is 147 Å². The molecule has 108 valence electrons. The minimum absolute atomic E-state index is 0.296. The maximum Gasteiger partial charge on any atom is 0.0681 e. The van der Waals surface area contributed by atoms with Crippen molar-refractivity contribution in [2.24, 2.45) is 0 Å². The number of rotatable bonds is 6. The summed E-state index contributed by atoms with van der Waals surface area (Å²) in [6, 6.07) is 11.3. The fraction of sp³-hybridized carbons (Fsp3) is 0.375. The van der Waals surface area contributed by atoms with Gasteiger partial charge in [-0.1, -0.05) is 29.8 Å². The zero-order valence-corrected chi connectivity index (χ0v) is 16.3. The van der Waals surface area contributed by atoms with Crippen molar-refractivity contribution in [1.29, 1.82) is 0 Å². The monoisotopic (exact) mass is 463 g/mol. The van der Waals surface area contributed by atoms with Crippen molar-refractivity contribution < 1.29 is 0 Å². The van der Waals surface area contributed by atoms with Gasteiger partial charge in [0.05, 0.1) is 6.04 Å². The van der Waals surface area contributed by atoms with E-state index >= 15 is 0 Å². The number of hydrogen-bond donors (Lipinski definition) is 1. The minimum Gasteiger partial charge on any atom is -0.306 e. The highest BCUT2D eigenvalue weighted by Gasteiger charge is 2.18. The van der Waals surface area contributed by atoms with Crippen molar-refractivity contribution >= 4 is 49.9 Å². The van der Waals surface area contributed by atoms with Crippen LogP contribution in [0.4, 0.5) is 0 Å². The molecule has 0 bridgehead atoms. The van der Waals surface area contributed by atoms with Crippen LogP contribution in [0.3, 0.4) is 0 Å². The number of thiophene rings is 1. The third-order valence-electron chi connectivity index (χ3n) is 3.18. The lowest BCUT2D eigenvalue weighted by atomic mass is 10.1. The molecule has 1 aromatic heterocycles. The number of benzene rings is 1. The van der Waals surface area contributed by atoms with Gasteiger partial charge in [0.1, 0.15) is 0 Å². The van der Waals surface area contributed by atoms with Gasteiger partial charge in [-0.05, 0) is 77.9 Å². The summed E-state index contributed by atoms with van der Waals surface area (Å²) < 4.78 is 2.45. The van der Waals surface area contributed by atoms with Crippen LogP contribution in [0.2, 0.25) is 0 Å². The smallest absolute Gasteiger partial charge is 0.0681 e. The quantitative estimate of drug-likeness (QED) is 0.536. The second-order valence-corrected chi connectivity index (χ2v) is 7.99. The molecule has 20 heavy (non-hydrogen) atoms. The average molecular weight is 464 g/mol. The molecule has 1 heterocycles. The lowest BCUT2D eigenvalue weighted by molar-refractivity contribution is 0.604. The SMILES string of the molecule is CCCNC(c1ccc(CC)s1)c1cc(Br)ccc1I. The van der Waals surface area contributed by atoms with Crippen LogP contribution in [-0.4, -0.2) is 6.54 Å². The Morgan fingerprint density at radius 2 is 2.05 bits per heavy atom. The van der Waals surface area contributed by atoms with Crippen LogP contribution >= 0.6 is 49.9 Å². The largest absolute Gasteiger partial charge is 0.306 e. The fourth-order valence-corrected chi connectivity index (χ4v) is 4.20. The summed E-state index contributed by atoms with van der Waals surface area (Å²) >= 11 is 7.95. The summed E-state index contributed by atoms with van der Waals surface area (Å²) in [6.07, 6.45) is 2.26. The van der Waals surface area contributed by atoms with E-state index in [1.807, 2.05) is 11.3 Å². The molecule has 1 nitrogen and oxygen atoms in total. The standard InChI is InChI=1S/C16H19BrINS/c1-3-9-19-16(15-8-6-12(4-2)20-15)13-10-11(17)5-7-14(13)18/h5-8,10,16,19H,3-4,9H2,1-2H3. The molecule has 1 atom stereocenters. The van der Waals surface area contributed by atoms with Gasteiger partial charge in [-0.15, -0.1) is 11.3 Å². The molecule has 2 rings (SSSR count). The first-order chi connectivity index (χ1) is 9.65. The molecule has 1 unspecified atom stereocenters. The summed E-state index contributed by atoms with van der Waals surface area (Å²) in [5, 5.41) is 3.69. The molecule has 2 aromatic rings. The van der Waals surface area contributed by atoms with Crippen LogP contribution in [0.15, 0.2) is 34.8 Å². The van der Waals surface area contributed by atoms with E-state index in [4.69, 9.17) is 0 Å². The van der Waals surface area contributed by atoms with Crippen molar-refractivity contribution in [2.45, 2.75) is 32.7 Å². The molecule has 0 spiro atoms. The van der Waals surface area contributed by atoms with Crippen molar-refractivity contribution in [3.05, 3.63) is 53.7 Å². The van der Waals surface area contributed by atoms with Crippen LogP contribution in [0.5, 0.6) is 0 Å². The molecular formula is C16H19BrINS. The average Bonchev–Trinajstić information content (AvgIpc) is 2.92. The third-order valence-corrected chi connectivity index (χ3v) is 5.95. The fourth-order valence-electron chi connectivity index (χ4n) is 2.13. The number of nitrogens with one attached hydrogen (secondary N) is 1. The van der Waals surface area contributed by atoms with Gasteiger partial charge in [0.2, 0.25) is 0 Å². The van der Waals surface area contributed by atoms with Gasteiger partial charge in [-0.25, -0.2) is 0 Å². The Morgan fingerprint density at radius 3 is 2.70 bits per heavy atom. The zero-order chi connectivity index (χ0) is 14.5. The van der Waals surface area contributed by atoms with Crippen molar-refractivity contribution in [1.82, 2.24) is 5.32 Å². The highest BCUT2D eigenvalue weighted by Crippen LogP contribution is 2.33. The number of aryl methyl sites for hydroxylation is 1. The molecule has 1 aromatic carbocycles. The lowest BCUT2D eigenvalue weighted by Crippen LogP contribution is -2.23. The Bertz CT molecular complexity index is 567. The topological polar surface area (TPSA) is 12.0 Å². The van der Waals surface area contributed by atoms with Gasteiger partial charge in [0.25, 0.3) is 0 Å².